The topological polar surface area (TPSA) is 76.7 Å². The van der Waals surface area contributed by atoms with E-state index in [1.54, 1.807) is 0 Å². The van der Waals surface area contributed by atoms with E-state index < -0.39 is 16.4 Å². The smallest absolute Gasteiger partial charge is 0.327 e. The fourth-order valence-electron chi connectivity index (χ4n) is 0.513. The molecule has 0 aliphatic heterocycles. The second-order valence-electron chi connectivity index (χ2n) is 1.59. The molecule has 0 aromatic carbocycles. The highest BCUT2D eigenvalue weighted by atomic mass is 32.2. The van der Waals surface area contributed by atoms with Crippen LogP contribution in [-0.4, -0.2) is 14.3 Å². The number of carbonyl (C=O) groups is 1. The van der Waals surface area contributed by atoms with Crippen molar-refractivity contribution in [1.82, 2.24) is 0 Å². The van der Waals surface area contributed by atoms with Crippen LogP contribution in [-0.2, 0) is 10.5 Å². The molecule has 1 amide bonds. The molecule has 0 unspecified atom stereocenters. The second kappa shape index (κ2) is 3.11. The van der Waals surface area contributed by atoms with Crippen molar-refractivity contribution in [3.63, 3.8) is 0 Å². The molecule has 5 nitrogen and oxygen atoms in total. The van der Waals surface area contributed by atoms with Crippen LogP contribution in [0.5, 0.6) is 0 Å². The van der Waals surface area contributed by atoms with Crippen molar-refractivity contribution in [1.29, 1.82) is 0 Å². The largest absolute Gasteiger partial charge is 0.459 e. The van der Waals surface area contributed by atoms with Gasteiger partial charge in [0.15, 0.2) is 5.76 Å². The van der Waals surface area contributed by atoms with Gasteiger partial charge in [-0.2, -0.15) is 8.42 Å². The van der Waals surface area contributed by atoms with Crippen LogP contribution in [0.2, 0.25) is 0 Å². The lowest BCUT2D eigenvalue weighted by atomic mass is 10.4. The van der Waals surface area contributed by atoms with Crippen molar-refractivity contribution in [3.8, 4) is 0 Å². The summed E-state index contributed by atoms with van der Waals surface area (Å²) in [5.41, 5.74) is 0. The molecule has 0 saturated heterocycles. The minimum absolute atomic E-state index is 0.0887. The first-order chi connectivity index (χ1) is 5.20. The first-order valence-corrected chi connectivity index (χ1v) is 3.62. The van der Waals surface area contributed by atoms with Gasteiger partial charge in [0, 0.05) is 0 Å². The normalized spacial score (nSPS) is 9.09. The molecule has 0 spiro atoms. The van der Waals surface area contributed by atoms with Crippen LogP contribution in [0.4, 0.5) is 0 Å². The number of rotatable bonds is 1. The maximum absolute atomic E-state index is 10.7. The zero-order valence-corrected chi connectivity index (χ0v) is 6.04. The van der Waals surface area contributed by atoms with E-state index in [1.807, 2.05) is 0 Å². The van der Waals surface area contributed by atoms with Gasteiger partial charge in [0.05, 0.1) is 6.26 Å². The fourth-order valence-corrected chi connectivity index (χ4v) is 0.738. The maximum atomic E-state index is 10.7. The summed E-state index contributed by atoms with van der Waals surface area (Å²) in [4.78, 5) is 10.7. The van der Waals surface area contributed by atoms with Crippen LogP contribution in [0, 0.1) is 0 Å². The molecule has 0 aliphatic rings. The Morgan fingerprint density at radius 2 is 2.27 bits per heavy atom. The van der Waals surface area contributed by atoms with Crippen molar-refractivity contribution in [3.05, 3.63) is 24.2 Å². The van der Waals surface area contributed by atoms with E-state index >= 15 is 0 Å². The second-order valence-corrected chi connectivity index (χ2v) is 2.21. The van der Waals surface area contributed by atoms with Crippen molar-refractivity contribution >= 4 is 16.4 Å². The van der Waals surface area contributed by atoms with Gasteiger partial charge < -0.3 is 4.42 Å². The van der Waals surface area contributed by atoms with Gasteiger partial charge >= 0.3 is 16.4 Å². The van der Waals surface area contributed by atoms with Crippen molar-refractivity contribution in [2.24, 2.45) is 4.36 Å². The first-order valence-electron chi connectivity index (χ1n) is 2.59. The number of furan rings is 1. The van der Waals surface area contributed by atoms with E-state index in [-0.39, 0.29) is 5.76 Å². The molecule has 58 valence electrons. The lowest BCUT2D eigenvalue weighted by Crippen LogP contribution is -1.89. The standard InChI is InChI=1S/C5H3NO4S/c7-5(6-11(8)9)4-2-1-3-10-4/h1-3H. The van der Waals surface area contributed by atoms with Crippen LogP contribution >= 0.6 is 0 Å². The zero-order chi connectivity index (χ0) is 8.27. The highest BCUT2D eigenvalue weighted by Crippen LogP contribution is 2.00. The first kappa shape index (κ1) is 7.67. The molecule has 1 heterocycles. The van der Waals surface area contributed by atoms with Crippen molar-refractivity contribution < 1.29 is 17.6 Å². The van der Waals surface area contributed by atoms with E-state index in [4.69, 9.17) is 0 Å². The van der Waals surface area contributed by atoms with Crippen LogP contribution in [0.25, 0.3) is 0 Å². The van der Waals surface area contributed by atoms with E-state index in [2.05, 4.69) is 8.78 Å². The molecule has 0 radical (unpaired) electrons. The Kier molecular flexibility index (Phi) is 2.17. The molecule has 1 aromatic heterocycles. The third-order valence-corrected chi connectivity index (χ3v) is 1.20. The lowest BCUT2D eigenvalue weighted by Gasteiger charge is -1.80. The Morgan fingerprint density at radius 3 is 2.73 bits per heavy atom. The third kappa shape index (κ3) is 2.01. The molecule has 0 N–H and O–H groups in total. The summed E-state index contributed by atoms with van der Waals surface area (Å²) in [7, 11) is -2.71. The minimum atomic E-state index is -2.71. The molecule has 11 heavy (non-hydrogen) atoms. The van der Waals surface area contributed by atoms with Crippen LogP contribution in [0.1, 0.15) is 10.6 Å². The molecule has 0 aliphatic carbocycles. The molecular weight excluding hydrogens is 170 g/mol. The average molecular weight is 173 g/mol. The van der Waals surface area contributed by atoms with Gasteiger partial charge in [-0.15, -0.1) is 0 Å². The van der Waals surface area contributed by atoms with Crippen LogP contribution < -0.4 is 0 Å². The van der Waals surface area contributed by atoms with Gasteiger partial charge in [-0.05, 0) is 12.1 Å². The van der Waals surface area contributed by atoms with Crippen molar-refractivity contribution in [2.45, 2.75) is 0 Å². The predicted octanol–water partition coefficient (Wildman–Crippen LogP) is 0.483. The van der Waals surface area contributed by atoms with E-state index in [0.29, 0.717) is 0 Å². The number of hydrogen-bond acceptors (Lipinski definition) is 4. The number of nitrogens with zero attached hydrogens (tertiary/aromatic N) is 1. The lowest BCUT2D eigenvalue weighted by molar-refractivity contribution is 0.0979. The average Bonchev–Trinajstić information content (AvgIpc) is 2.35. The Labute approximate surface area is 63.3 Å². The summed E-state index contributed by atoms with van der Waals surface area (Å²) in [5.74, 6) is -0.988. The van der Waals surface area contributed by atoms with Crippen molar-refractivity contribution in [2.75, 3.05) is 0 Å². The van der Waals surface area contributed by atoms with Gasteiger partial charge in [0.2, 0.25) is 0 Å². The van der Waals surface area contributed by atoms with E-state index in [0.717, 1.165) is 0 Å². The summed E-state index contributed by atoms with van der Waals surface area (Å²) in [6.07, 6.45) is 1.26. The number of hydrogen-bond donors (Lipinski definition) is 0. The molecule has 0 saturated carbocycles. The molecule has 0 atom stereocenters. The summed E-state index contributed by atoms with van der Waals surface area (Å²) in [6, 6.07) is 2.80. The van der Waals surface area contributed by atoms with Gasteiger partial charge in [-0.3, -0.25) is 4.79 Å². The SMILES string of the molecule is O=C(N=S(=O)=O)c1ccco1. The van der Waals surface area contributed by atoms with Gasteiger partial charge in [-0.25, -0.2) is 0 Å². The molecule has 0 fully saturated rings. The van der Waals surface area contributed by atoms with Gasteiger partial charge in [-0.1, -0.05) is 4.36 Å². The van der Waals surface area contributed by atoms with Gasteiger partial charge in [0.25, 0.3) is 0 Å². The van der Waals surface area contributed by atoms with E-state index in [1.165, 1.54) is 18.4 Å². The Balaban J connectivity index is 2.97. The summed E-state index contributed by atoms with van der Waals surface area (Å²) >= 11 is 0. The Bertz CT molecular complexity index is 367. The minimum Gasteiger partial charge on any atom is -0.459 e. The van der Waals surface area contributed by atoms with E-state index in [9.17, 15) is 13.2 Å². The highest BCUT2D eigenvalue weighted by molar-refractivity contribution is 7.62. The number of amides is 1. The quantitative estimate of drug-likeness (QED) is 0.618. The van der Waals surface area contributed by atoms with Crippen LogP contribution in [0.15, 0.2) is 27.2 Å². The molecule has 1 aromatic rings. The zero-order valence-electron chi connectivity index (χ0n) is 5.22. The fraction of sp³-hybridized carbons (Fsp3) is 0. The van der Waals surface area contributed by atoms with Gasteiger partial charge in [0.1, 0.15) is 0 Å². The molecule has 1 rings (SSSR count). The molecule has 0 bridgehead atoms. The number of carbonyl (C=O) groups excluding carboxylic acids is 1. The van der Waals surface area contributed by atoms with Crippen LogP contribution in [0.3, 0.4) is 0 Å². The third-order valence-electron chi connectivity index (χ3n) is 0.889. The highest BCUT2D eigenvalue weighted by Gasteiger charge is 2.05. The summed E-state index contributed by atoms with van der Waals surface area (Å²) < 4.78 is 27.0. The molecule has 6 heteroatoms. The Hall–Kier alpha value is -1.43. The maximum Gasteiger partial charge on any atom is 0.327 e. The summed E-state index contributed by atoms with van der Waals surface area (Å²) in [5, 5.41) is 0. The summed E-state index contributed by atoms with van der Waals surface area (Å²) in [6.45, 7) is 0. The predicted molar refractivity (Wildman–Crippen MR) is 34.4 cm³/mol. The Morgan fingerprint density at radius 1 is 1.55 bits per heavy atom. The monoisotopic (exact) mass is 173 g/mol. The molecular formula is C5H3NO4S.